The van der Waals surface area contributed by atoms with Crippen LogP contribution in [0.1, 0.15) is 55.5 Å². The van der Waals surface area contributed by atoms with Crippen molar-refractivity contribution in [1.82, 2.24) is 0 Å². The fraction of sp³-hybridized carbons (Fsp3) is 0.346. The normalized spacial score (nSPS) is 13.2. The molecule has 3 aromatic rings. The minimum absolute atomic E-state index is 0.181. The van der Waals surface area contributed by atoms with Crippen LogP contribution >= 0.6 is 0 Å². The predicted octanol–water partition coefficient (Wildman–Crippen LogP) is 6.62. The van der Waals surface area contributed by atoms with Crippen molar-refractivity contribution in [2.45, 2.75) is 53.0 Å². The van der Waals surface area contributed by atoms with Gasteiger partial charge in [0.1, 0.15) is 0 Å². The lowest BCUT2D eigenvalue weighted by Crippen LogP contribution is -2.11. The molecule has 0 amide bonds. The highest BCUT2D eigenvalue weighted by atomic mass is 16.5. The summed E-state index contributed by atoms with van der Waals surface area (Å²) in [6.07, 6.45) is 4.56. The number of fused-ring (bicyclic) bond motifs is 1. The molecule has 146 valence electrons. The monoisotopic (exact) mass is 373 g/mol. The Morgan fingerprint density at radius 3 is 2.39 bits per heavy atom. The Hall–Kier alpha value is -2.61. The van der Waals surface area contributed by atoms with Gasteiger partial charge in [-0.05, 0) is 59.2 Å². The number of hydrogen-bond donors (Lipinski definition) is 0. The topological polar surface area (TPSA) is 26.1 Å². The van der Waals surface area contributed by atoms with Gasteiger partial charge >= 0.3 is 0 Å². The SMILES string of the molecule is Cc1cc(CC(C)C)ccc1CCC=[N+]([O-])C(C)c1ccc2ccccc2c1. The van der Waals surface area contributed by atoms with Crippen LogP contribution in [0.3, 0.4) is 0 Å². The first kappa shape index (κ1) is 20.1. The summed E-state index contributed by atoms with van der Waals surface area (Å²) >= 11 is 0. The van der Waals surface area contributed by atoms with E-state index in [4.69, 9.17) is 0 Å². The van der Waals surface area contributed by atoms with Gasteiger partial charge < -0.3 is 5.21 Å². The predicted molar refractivity (Wildman–Crippen MR) is 120 cm³/mol. The van der Waals surface area contributed by atoms with Gasteiger partial charge in [0.05, 0.1) is 0 Å². The lowest BCUT2D eigenvalue weighted by atomic mass is 9.97. The first-order chi connectivity index (χ1) is 13.4. The number of rotatable bonds is 7. The minimum Gasteiger partial charge on any atom is -0.624 e. The van der Waals surface area contributed by atoms with E-state index in [-0.39, 0.29) is 6.04 Å². The molecule has 0 spiro atoms. The maximum atomic E-state index is 12.6. The van der Waals surface area contributed by atoms with Crippen LogP contribution in [0.5, 0.6) is 0 Å². The van der Waals surface area contributed by atoms with Gasteiger partial charge in [0.2, 0.25) is 0 Å². The molecule has 0 N–H and O–H groups in total. The van der Waals surface area contributed by atoms with E-state index in [9.17, 15) is 5.21 Å². The molecule has 0 aromatic heterocycles. The Kier molecular flexibility index (Phi) is 6.51. The maximum Gasteiger partial charge on any atom is 0.185 e. The summed E-state index contributed by atoms with van der Waals surface area (Å²) in [7, 11) is 0. The summed E-state index contributed by atoms with van der Waals surface area (Å²) in [4.78, 5) is 0. The Balaban J connectivity index is 1.64. The Morgan fingerprint density at radius 1 is 0.929 bits per heavy atom. The molecule has 2 nitrogen and oxygen atoms in total. The van der Waals surface area contributed by atoms with Gasteiger partial charge in [-0.15, -0.1) is 0 Å². The number of nitrogens with zero attached hydrogens (tertiary/aromatic N) is 1. The van der Waals surface area contributed by atoms with Gasteiger partial charge in [0.25, 0.3) is 0 Å². The highest BCUT2D eigenvalue weighted by Crippen LogP contribution is 2.22. The van der Waals surface area contributed by atoms with Crippen LogP contribution in [0.15, 0.2) is 60.7 Å². The Morgan fingerprint density at radius 2 is 1.68 bits per heavy atom. The van der Waals surface area contributed by atoms with Gasteiger partial charge in [0, 0.05) is 18.9 Å². The van der Waals surface area contributed by atoms with Crippen molar-refractivity contribution in [1.29, 1.82) is 0 Å². The standard InChI is InChI=1S/C26H31NO/c1-19(2)16-22-11-12-23(20(3)17-22)10-7-15-27(28)21(4)25-14-13-24-8-5-6-9-26(24)18-25/h5-6,8-9,11-15,17-19,21H,7,10,16H2,1-4H3. The molecule has 2 heteroatoms. The fourth-order valence-electron chi connectivity index (χ4n) is 3.76. The molecular formula is C26H31NO. The summed E-state index contributed by atoms with van der Waals surface area (Å²) in [6, 6.07) is 21.1. The van der Waals surface area contributed by atoms with Crippen molar-refractivity contribution >= 4 is 17.0 Å². The molecule has 0 aliphatic heterocycles. The molecule has 0 fully saturated rings. The largest absolute Gasteiger partial charge is 0.624 e. The van der Waals surface area contributed by atoms with E-state index >= 15 is 0 Å². The zero-order chi connectivity index (χ0) is 20.1. The molecule has 0 aliphatic carbocycles. The molecule has 0 radical (unpaired) electrons. The van der Waals surface area contributed by atoms with Crippen molar-refractivity contribution in [2.75, 3.05) is 0 Å². The van der Waals surface area contributed by atoms with Crippen LogP contribution in [-0.2, 0) is 12.8 Å². The molecule has 0 saturated carbocycles. The third-order valence-electron chi connectivity index (χ3n) is 5.41. The molecular weight excluding hydrogens is 342 g/mol. The molecule has 3 rings (SSSR count). The van der Waals surface area contributed by atoms with Crippen LogP contribution in [0.25, 0.3) is 10.8 Å². The van der Waals surface area contributed by atoms with Gasteiger partial charge in [-0.3, -0.25) is 0 Å². The van der Waals surface area contributed by atoms with Crippen molar-refractivity contribution in [3.8, 4) is 0 Å². The zero-order valence-electron chi connectivity index (χ0n) is 17.5. The molecule has 0 saturated heterocycles. The van der Waals surface area contributed by atoms with Crippen molar-refractivity contribution in [2.24, 2.45) is 5.92 Å². The van der Waals surface area contributed by atoms with E-state index < -0.39 is 0 Å². The van der Waals surface area contributed by atoms with Gasteiger partial charge in [0.15, 0.2) is 12.3 Å². The molecule has 0 aliphatic rings. The fourth-order valence-corrected chi connectivity index (χ4v) is 3.76. The lowest BCUT2D eigenvalue weighted by Gasteiger charge is -2.14. The lowest BCUT2D eigenvalue weighted by molar-refractivity contribution is -0.499. The molecule has 0 bridgehead atoms. The van der Waals surface area contributed by atoms with Crippen LogP contribution in [0, 0.1) is 18.0 Å². The second-order valence-electron chi connectivity index (χ2n) is 8.22. The van der Waals surface area contributed by atoms with E-state index in [0.717, 1.165) is 29.6 Å². The van der Waals surface area contributed by atoms with E-state index in [0.29, 0.717) is 5.92 Å². The molecule has 3 aromatic carbocycles. The van der Waals surface area contributed by atoms with E-state index in [1.807, 2.05) is 19.1 Å². The third-order valence-corrected chi connectivity index (χ3v) is 5.41. The second-order valence-corrected chi connectivity index (χ2v) is 8.22. The van der Waals surface area contributed by atoms with E-state index in [1.165, 1.54) is 27.5 Å². The summed E-state index contributed by atoms with van der Waals surface area (Å²) in [6.45, 7) is 8.64. The Labute approximate surface area is 169 Å². The smallest absolute Gasteiger partial charge is 0.185 e. The van der Waals surface area contributed by atoms with Crippen LogP contribution in [0.2, 0.25) is 0 Å². The number of hydroxylamine groups is 1. The van der Waals surface area contributed by atoms with Crippen molar-refractivity contribution < 1.29 is 4.74 Å². The van der Waals surface area contributed by atoms with Gasteiger partial charge in [-0.2, -0.15) is 0 Å². The average Bonchev–Trinajstić information content (AvgIpc) is 2.68. The summed E-state index contributed by atoms with van der Waals surface area (Å²) in [5, 5.41) is 15.0. The van der Waals surface area contributed by atoms with Crippen molar-refractivity contribution in [3.05, 3.63) is 88.1 Å². The molecule has 1 atom stereocenters. The summed E-state index contributed by atoms with van der Waals surface area (Å²) < 4.78 is 1.10. The maximum absolute atomic E-state index is 12.6. The number of benzene rings is 3. The number of aryl methyl sites for hydroxylation is 2. The zero-order valence-corrected chi connectivity index (χ0v) is 17.5. The number of hydrogen-bond acceptors (Lipinski definition) is 1. The van der Waals surface area contributed by atoms with Gasteiger partial charge in [-0.25, -0.2) is 4.74 Å². The van der Waals surface area contributed by atoms with E-state index in [1.54, 1.807) is 6.21 Å². The van der Waals surface area contributed by atoms with Crippen LogP contribution < -0.4 is 0 Å². The Bertz CT molecular complexity index is 971. The molecule has 1 unspecified atom stereocenters. The highest BCUT2D eigenvalue weighted by Gasteiger charge is 2.12. The molecule has 28 heavy (non-hydrogen) atoms. The van der Waals surface area contributed by atoms with Crippen LogP contribution in [0.4, 0.5) is 0 Å². The summed E-state index contributed by atoms with van der Waals surface area (Å²) in [5.41, 5.74) is 5.11. The quantitative estimate of drug-likeness (QED) is 0.198. The first-order valence-electron chi connectivity index (χ1n) is 10.3. The first-order valence-corrected chi connectivity index (χ1v) is 10.3. The van der Waals surface area contributed by atoms with Gasteiger partial charge in [-0.1, -0.05) is 68.4 Å². The average molecular weight is 374 g/mol. The third kappa shape index (κ3) is 5.01. The van der Waals surface area contributed by atoms with Crippen LogP contribution in [-0.4, -0.2) is 11.0 Å². The minimum atomic E-state index is -0.181. The second kappa shape index (κ2) is 9.05. The van der Waals surface area contributed by atoms with E-state index in [2.05, 4.69) is 69.3 Å². The van der Waals surface area contributed by atoms with Crippen molar-refractivity contribution in [3.63, 3.8) is 0 Å². The highest BCUT2D eigenvalue weighted by molar-refractivity contribution is 5.83. The molecule has 0 heterocycles. The summed E-state index contributed by atoms with van der Waals surface area (Å²) in [5.74, 6) is 0.671.